The van der Waals surface area contributed by atoms with E-state index >= 15 is 0 Å². The molecule has 1 aromatic carbocycles. The monoisotopic (exact) mass is 494 g/mol. The largest absolute Gasteiger partial charge is 0.496 e. The highest BCUT2D eigenvalue weighted by Crippen LogP contribution is 2.35. The summed E-state index contributed by atoms with van der Waals surface area (Å²) in [6.45, 7) is 1.53. The van der Waals surface area contributed by atoms with Crippen molar-refractivity contribution in [3.05, 3.63) is 23.8 Å². The summed E-state index contributed by atoms with van der Waals surface area (Å²) in [5, 5.41) is 5.56. The summed E-state index contributed by atoms with van der Waals surface area (Å²) in [6.07, 6.45) is 3.52. The van der Waals surface area contributed by atoms with Crippen LogP contribution in [0.4, 0.5) is 4.79 Å². The van der Waals surface area contributed by atoms with Crippen molar-refractivity contribution in [1.29, 1.82) is 0 Å². The summed E-state index contributed by atoms with van der Waals surface area (Å²) in [4.78, 5) is 39.0. The maximum absolute atomic E-state index is 13.0. The second-order valence-electron chi connectivity index (χ2n) is 8.66. The number of benzene rings is 1. The van der Waals surface area contributed by atoms with Gasteiger partial charge >= 0.3 is 6.03 Å². The zero-order valence-electron chi connectivity index (χ0n) is 19.2. The third-order valence-electron chi connectivity index (χ3n) is 6.57. The molecule has 186 valence electrons. The quantitative estimate of drug-likeness (QED) is 0.401. The molecule has 0 aromatic heterocycles. The Morgan fingerprint density at radius 3 is 2.59 bits per heavy atom. The highest BCUT2D eigenvalue weighted by atomic mass is 32.2. The van der Waals surface area contributed by atoms with Crippen molar-refractivity contribution in [3.8, 4) is 5.75 Å². The van der Waals surface area contributed by atoms with E-state index in [-0.39, 0.29) is 54.3 Å². The van der Waals surface area contributed by atoms with Crippen LogP contribution in [0.25, 0.3) is 0 Å². The van der Waals surface area contributed by atoms with Gasteiger partial charge in [-0.3, -0.25) is 14.5 Å². The van der Waals surface area contributed by atoms with E-state index in [9.17, 15) is 22.8 Å². The lowest BCUT2D eigenvalue weighted by molar-refractivity contribution is -0.131. The van der Waals surface area contributed by atoms with Crippen LogP contribution < -0.4 is 15.4 Å². The molecule has 1 saturated carbocycles. The van der Waals surface area contributed by atoms with E-state index in [4.69, 9.17) is 9.47 Å². The zero-order chi connectivity index (χ0) is 24.3. The lowest BCUT2D eigenvalue weighted by atomic mass is 9.98. The van der Waals surface area contributed by atoms with Gasteiger partial charge in [0.2, 0.25) is 10.0 Å². The molecule has 2 N–H and O–H groups in total. The summed E-state index contributed by atoms with van der Waals surface area (Å²) in [6, 6.07) is 3.79. The molecule has 4 amide bonds. The predicted octanol–water partition coefficient (Wildman–Crippen LogP) is 0.701. The van der Waals surface area contributed by atoms with Crippen LogP contribution in [0.5, 0.6) is 5.75 Å². The number of methoxy groups -OCH3 is 1. The molecule has 2 aliphatic heterocycles. The Morgan fingerprint density at radius 1 is 1.21 bits per heavy atom. The number of urea groups is 1. The molecule has 2 saturated heterocycles. The van der Waals surface area contributed by atoms with Crippen molar-refractivity contribution in [2.75, 3.05) is 46.5 Å². The predicted molar refractivity (Wildman–Crippen MR) is 121 cm³/mol. The van der Waals surface area contributed by atoms with E-state index in [0.29, 0.717) is 32.5 Å². The molecular weight excluding hydrogens is 464 g/mol. The number of carbonyl (C=O) groups excluding carboxylic acids is 3. The molecule has 1 spiro atoms. The number of nitrogens with one attached hydrogen (secondary N) is 2. The Morgan fingerprint density at radius 2 is 1.91 bits per heavy atom. The first-order valence-electron chi connectivity index (χ1n) is 11.5. The summed E-state index contributed by atoms with van der Waals surface area (Å²) in [5.41, 5.74) is -0.656. The second-order valence-corrected chi connectivity index (χ2v) is 10.6. The Bertz CT molecular complexity index is 1060. The molecule has 0 atom stereocenters. The van der Waals surface area contributed by atoms with E-state index in [2.05, 4.69) is 10.6 Å². The smallest absolute Gasteiger partial charge is 0.325 e. The van der Waals surface area contributed by atoms with Crippen LogP contribution in [0.3, 0.4) is 0 Å². The number of amides is 4. The van der Waals surface area contributed by atoms with Gasteiger partial charge in [0.25, 0.3) is 11.8 Å². The van der Waals surface area contributed by atoms with Crippen molar-refractivity contribution >= 4 is 27.9 Å². The Labute approximate surface area is 198 Å². The normalized spacial score (nSPS) is 20.6. The minimum atomic E-state index is -3.77. The Kier molecular flexibility index (Phi) is 7.10. The topological polar surface area (TPSA) is 134 Å². The number of carbonyl (C=O) groups is 3. The van der Waals surface area contributed by atoms with Gasteiger partial charge in [-0.15, -0.1) is 0 Å². The molecule has 0 bridgehead atoms. The fourth-order valence-electron chi connectivity index (χ4n) is 4.69. The fraction of sp³-hybridized carbons (Fsp3) is 0.591. The number of ether oxygens (including phenoxy) is 2. The zero-order valence-corrected chi connectivity index (χ0v) is 20.0. The summed E-state index contributed by atoms with van der Waals surface area (Å²) in [5.74, 6) is -0.444. The van der Waals surface area contributed by atoms with Crippen LogP contribution in [-0.4, -0.2) is 87.5 Å². The van der Waals surface area contributed by atoms with Crippen molar-refractivity contribution in [3.63, 3.8) is 0 Å². The summed E-state index contributed by atoms with van der Waals surface area (Å²) >= 11 is 0. The van der Waals surface area contributed by atoms with E-state index in [0.717, 1.165) is 12.8 Å². The van der Waals surface area contributed by atoms with Crippen LogP contribution >= 0.6 is 0 Å². The van der Waals surface area contributed by atoms with Crippen LogP contribution in [0.15, 0.2) is 23.1 Å². The van der Waals surface area contributed by atoms with E-state index in [1.807, 2.05) is 0 Å². The minimum Gasteiger partial charge on any atom is -0.496 e. The molecule has 12 heteroatoms. The lowest BCUT2D eigenvalue weighted by Gasteiger charge is -2.26. The van der Waals surface area contributed by atoms with Crippen molar-refractivity contribution in [2.45, 2.75) is 42.5 Å². The molecule has 1 aliphatic carbocycles. The molecule has 11 nitrogen and oxygen atoms in total. The van der Waals surface area contributed by atoms with Gasteiger partial charge < -0.3 is 20.1 Å². The van der Waals surface area contributed by atoms with Gasteiger partial charge in [0.05, 0.1) is 30.8 Å². The van der Waals surface area contributed by atoms with Gasteiger partial charge in [-0.05, 0) is 37.5 Å². The molecule has 0 radical (unpaired) electrons. The molecular formula is C22H30N4O7S. The van der Waals surface area contributed by atoms with Gasteiger partial charge in [-0.2, -0.15) is 4.31 Å². The highest BCUT2D eigenvalue weighted by molar-refractivity contribution is 7.89. The van der Waals surface area contributed by atoms with Crippen molar-refractivity contribution < 1.29 is 32.3 Å². The second kappa shape index (κ2) is 9.88. The summed E-state index contributed by atoms with van der Waals surface area (Å²) < 4.78 is 37.7. The molecule has 2 heterocycles. The first-order valence-corrected chi connectivity index (χ1v) is 12.9. The number of morpholine rings is 1. The van der Waals surface area contributed by atoms with Crippen LogP contribution in [0.1, 0.15) is 42.5 Å². The van der Waals surface area contributed by atoms with Gasteiger partial charge in [0, 0.05) is 26.2 Å². The van der Waals surface area contributed by atoms with Crippen molar-refractivity contribution in [1.82, 2.24) is 19.8 Å². The van der Waals surface area contributed by atoms with Gasteiger partial charge in [-0.1, -0.05) is 12.8 Å². The van der Waals surface area contributed by atoms with Gasteiger partial charge in [0.1, 0.15) is 11.3 Å². The van der Waals surface area contributed by atoms with Crippen molar-refractivity contribution in [2.24, 2.45) is 0 Å². The number of rotatable bonds is 8. The minimum absolute atomic E-state index is 0.00143. The van der Waals surface area contributed by atoms with Crippen LogP contribution in [-0.2, 0) is 19.6 Å². The van der Waals surface area contributed by atoms with E-state index in [1.54, 1.807) is 0 Å². The maximum atomic E-state index is 13.0. The average molecular weight is 495 g/mol. The first kappa shape index (κ1) is 24.4. The molecule has 0 unspecified atom stereocenters. The average Bonchev–Trinajstić information content (AvgIpc) is 3.41. The first-order chi connectivity index (χ1) is 16.3. The van der Waals surface area contributed by atoms with Gasteiger partial charge in [-0.25, -0.2) is 13.2 Å². The maximum Gasteiger partial charge on any atom is 0.325 e. The van der Waals surface area contributed by atoms with Gasteiger partial charge in [0.15, 0.2) is 0 Å². The SMILES string of the molecule is COc1ccc(S(=O)(=O)N2CCOCC2)cc1C(=O)NCCCN1C(=O)NC2(CCCC2)C1=O. The fourth-order valence-corrected chi connectivity index (χ4v) is 6.13. The van der Waals surface area contributed by atoms with E-state index < -0.39 is 21.5 Å². The molecule has 1 aromatic rings. The lowest BCUT2D eigenvalue weighted by Crippen LogP contribution is -2.44. The molecule has 3 fully saturated rings. The number of sulfonamides is 1. The van der Waals surface area contributed by atoms with Crippen LogP contribution in [0.2, 0.25) is 0 Å². The van der Waals surface area contributed by atoms with Crippen LogP contribution in [0, 0.1) is 0 Å². The number of nitrogens with zero attached hydrogens (tertiary/aromatic N) is 2. The number of hydrogen-bond donors (Lipinski definition) is 2. The molecule has 4 rings (SSSR count). The van der Waals surface area contributed by atoms with E-state index in [1.165, 1.54) is 34.5 Å². The molecule has 34 heavy (non-hydrogen) atoms. The molecule has 3 aliphatic rings. The number of hydrogen-bond acceptors (Lipinski definition) is 7. The Balaban J connectivity index is 1.37. The third kappa shape index (κ3) is 4.62. The standard InChI is InChI=1S/C22H30N4O7S/c1-32-18-6-5-16(34(30,31)25-11-13-33-14-12-25)15-17(18)19(27)23-9-4-10-26-20(28)22(24-21(26)29)7-2-3-8-22/h5-6,15H,2-4,7-14H2,1H3,(H,23,27)(H,24,29). The summed E-state index contributed by atoms with van der Waals surface area (Å²) in [7, 11) is -2.37. The number of imide groups is 1. The third-order valence-corrected chi connectivity index (χ3v) is 8.47. The Hall–Kier alpha value is -2.70. The highest BCUT2D eigenvalue weighted by Gasteiger charge is 2.52.